The molecule has 21 heteroatoms. The summed E-state index contributed by atoms with van der Waals surface area (Å²) >= 11 is 5.93. The van der Waals surface area contributed by atoms with Crippen molar-refractivity contribution in [3.63, 3.8) is 0 Å². The number of thiocarbonyl (C=S) groups is 1. The van der Waals surface area contributed by atoms with Crippen molar-refractivity contribution in [1.29, 1.82) is 0 Å². The lowest BCUT2D eigenvalue weighted by Crippen LogP contribution is -2.66. The van der Waals surface area contributed by atoms with Crippen molar-refractivity contribution in [3.8, 4) is 0 Å². The van der Waals surface area contributed by atoms with Crippen LogP contribution in [-0.4, -0.2) is 167 Å². The number of hydrogen-bond acceptors (Lipinski definition) is 17. The Labute approximate surface area is 249 Å². The van der Waals surface area contributed by atoms with Crippen LogP contribution < -0.4 is 0 Å². The number of phosphoric acid groups is 1. The Balaban J connectivity index is 2.37. The number of aliphatic carboxylic acids is 1. The molecule has 2 aliphatic rings. The molecule has 0 aromatic rings. The summed E-state index contributed by atoms with van der Waals surface area (Å²) in [5.74, 6) is -3.30. The fourth-order valence-electron chi connectivity index (χ4n) is 4.27. The molecule has 2 aliphatic heterocycles. The number of carboxylic acids is 1. The number of thioether (sulfide) groups is 1. The number of carbonyl (C=O) groups is 1. The number of hydrogen-bond donors (Lipinski definition) is 10. The first-order valence-corrected chi connectivity index (χ1v) is 15.6. The molecule has 0 saturated carbocycles. The molecule has 18 nitrogen and oxygen atoms in total. The monoisotopic (exact) mass is 669 g/mol. The number of aliphatic hydroxyl groups excluding tert-OH is 7. The minimum Gasteiger partial charge on any atom is -0.477 e. The van der Waals surface area contributed by atoms with Crippen molar-refractivity contribution in [2.24, 2.45) is 4.99 Å². The average molecular weight is 670 g/mol. The van der Waals surface area contributed by atoms with Gasteiger partial charge in [0, 0.05) is 12.2 Å². The molecular weight excluding hydrogens is 633 g/mol. The number of carboxylic acid groups (broad SMARTS) is 1. The Morgan fingerprint density at radius 2 is 1.74 bits per heavy atom. The molecule has 0 unspecified atom stereocenters. The van der Waals surface area contributed by atoms with E-state index in [1.807, 2.05) is 0 Å². The summed E-state index contributed by atoms with van der Waals surface area (Å²) in [7, 11) is -5.42. The molecule has 0 radical (unpaired) electrons. The summed E-state index contributed by atoms with van der Waals surface area (Å²) in [4.78, 5) is 35.2. The van der Waals surface area contributed by atoms with Gasteiger partial charge < -0.3 is 69.6 Å². The van der Waals surface area contributed by atoms with Crippen molar-refractivity contribution in [1.82, 2.24) is 0 Å². The van der Waals surface area contributed by atoms with Crippen molar-refractivity contribution in [3.05, 3.63) is 0 Å². The number of rotatable bonds is 17. The molecule has 0 aromatic carbocycles. The van der Waals surface area contributed by atoms with E-state index in [2.05, 4.69) is 22.4 Å². The summed E-state index contributed by atoms with van der Waals surface area (Å²) in [6.07, 6.45) is -20.0. The quantitative estimate of drug-likeness (QED) is 0.0307. The summed E-state index contributed by atoms with van der Waals surface area (Å²) in [5, 5.41) is 82.5. The van der Waals surface area contributed by atoms with E-state index in [1.165, 1.54) is 11.8 Å². The minimum atomic E-state index is -5.42. The van der Waals surface area contributed by atoms with Gasteiger partial charge in [-0.1, -0.05) is 0 Å². The van der Waals surface area contributed by atoms with Gasteiger partial charge in [0.05, 0.1) is 37.6 Å². The lowest BCUT2D eigenvalue weighted by atomic mass is 9.91. The van der Waals surface area contributed by atoms with Gasteiger partial charge in [0.15, 0.2) is 6.29 Å². The standard InChI is InChI=1S/C21H36NO17PS2/c23-7-10(25)16-14(28)13(27)15(29)19(37-16)36-12-6-21(20(30)31,35-3-1-4-42-5-2-22-9-41)38-17(11(26)8-24)18(12)39-40(32,33)34/h10-19,23-29H,1-8H2,(H,30,31)(H2,32,33,34)/t10-,11+,12+,13-,14-,15-,16+,17+,18+,19-,21+/m0/s1. The van der Waals surface area contributed by atoms with Gasteiger partial charge in [-0.05, 0) is 24.4 Å². The maximum atomic E-state index is 12.4. The second kappa shape index (κ2) is 17.1. The Kier molecular flexibility index (Phi) is 15.3. The maximum absolute atomic E-state index is 12.4. The number of nitrogens with zero attached hydrogens (tertiary/aromatic N) is 1. The lowest BCUT2D eigenvalue weighted by molar-refractivity contribution is -0.363. The molecule has 0 aliphatic carbocycles. The SMILES string of the molecule is O=C(O)[C@@]1(OCCCSCCN=C=S)C[C@@H](O[C@H]2O[C@H]([C@@H](O)CO)[C@@H](O)[C@H](O)[C@@H]2O)[C@@H](OP(=O)(O)O)[C@@H]([C@H](O)CO)O1. The van der Waals surface area contributed by atoms with Gasteiger partial charge in [0.25, 0.3) is 5.79 Å². The van der Waals surface area contributed by atoms with Crippen LogP contribution in [0.2, 0.25) is 0 Å². The zero-order chi connectivity index (χ0) is 31.7. The molecule has 0 bridgehead atoms. The van der Waals surface area contributed by atoms with Crippen LogP contribution in [0.5, 0.6) is 0 Å². The maximum Gasteiger partial charge on any atom is 0.470 e. The van der Waals surface area contributed by atoms with E-state index in [0.717, 1.165) is 0 Å². The third-order valence-corrected chi connectivity index (χ3v) is 8.00. The Morgan fingerprint density at radius 3 is 2.31 bits per heavy atom. The second-order valence-corrected chi connectivity index (χ2v) is 11.9. The number of isothiocyanates is 1. The van der Waals surface area contributed by atoms with Crippen molar-refractivity contribution in [2.45, 2.75) is 79.9 Å². The van der Waals surface area contributed by atoms with E-state index in [4.69, 9.17) is 23.5 Å². The predicted octanol–water partition coefficient (Wildman–Crippen LogP) is -3.82. The summed E-state index contributed by atoms with van der Waals surface area (Å²) in [6, 6.07) is 0. The van der Waals surface area contributed by atoms with Gasteiger partial charge >= 0.3 is 13.8 Å². The zero-order valence-corrected chi connectivity index (χ0v) is 24.5. The smallest absolute Gasteiger partial charge is 0.470 e. The molecule has 2 saturated heterocycles. The highest BCUT2D eigenvalue weighted by Gasteiger charge is 2.58. The van der Waals surface area contributed by atoms with Crippen molar-refractivity contribution < 1.29 is 83.5 Å². The van der Waals surface area contributed by atoms with E-state index in [1.54, 1.807) is 0 Å². The third kappa shape index (κ3) is 10.2. The molecule has 2 rings (SSSR count). The first-order valence-electron chi connectivity index (χ1n) is 12.5. The van der Waals surface area contributed by atoms with Crippen LogP contribution in [0.3, 0.4) is 0 Å². The molecule has 2 fully saturated rings. The lowest BCUT2D eigenvalue weighted by Gasteiger charge is -2.49. The number of aliphatic hydroxyl groups is 7. The van der Waals surface area contributed by atoms with Gasteiger partial charge in [-0.3, -0.25) is 4.52 Å². The van der Waals surface area contributed by atoms with Gasteiger partial charge in [-0.2, -0.15) is 11.8 Å². The van der Waals surface area contributed by atoms with E-state index in [9.17, 15) is 60.0 Å². The van der Waals surface area contributed by atoms with Crippen LogP contribution in [0, 0.1) is 0 Å². The van der Waals surface area contributed by atoms with Crippen molar-refractivity contribution >= 4 is 42.9 Å². The average Bonchev–Trinajstić information content (AvgIpc) is 2.94. The molecule has 244 valence electrons. The molecule has 0 aromatic heterocycles. The molecular formula is C21H36NO17PS2. The zero-order valence-electron chi connectivity index (χ0n) is 22.0. The first kappa shape index (κ1) is 37.5. The number of aliphatic imine (C=N–C) groups is 1. The van der Waals surface area contributed by atoms with E-state index >= 15 is 0 Å². The Hall–Kier alpha value is -0.710. The van der Waals surface area contributed by atoms with E-state index < -0.39 is 100 Å². The fraction of sp³-hybridized carbons (Fsp3) is 0.905. The van der Waals surface area contributed by atoms with Gasteiger partial charge in [0.1, 0.15) is 48.8 Å². The van der Waals surface area contributed by atoms with Gasteiger partial charge in [0.2, 0.25) is 0 Å². The van der Waals surface area contributed by atoms with Crippen LogP contribution in [0.25, 0.3) is 0 Å². The highest BCUT2D eigenvalue weighted by atomic mass is 32.2. The second-order valence-electron chi connectivity index (χ2n) is 9.31. The van der Waals surface area contributed by atoms with Gasteiger partial charge in [-0.15, -0.1) is 0 Å². The number of ether oxygens (including phenoxy) is 4. The molecule has 2 heterocycles. The highest BCUT2D eigenvalue weighted by Crippen LogP contribution is 2.45. The number of phosphoric ester groups is 1. The fourth-order valence-corrected chi connectivity index (χ4v) is 5.68. The largest absolute Gasteiger partial charge is 0.477 e. The minimum absolute atomic E-state index is 0.230. The van der Waals surface area contributed by atoms with Crippen LogP contribution >= 0.6 is 31.8 Å². The van der Waals surface area contributed by atoms with E-state index in [-0.39, 0.29) is 6.61 Å². The highest BCUT2D eigenvalue weighted by molar-refractivity contribution is 7.99. The van der Waals surface area contributed by atoms with E-state index in [0.29, 0.717) is 24.5 Å². The summed E-state index contributed by atoms with van der Waals surface area (Å²) in [6.45, 7) is -1.84. The summed E-state index contributed by atoms with van der Waals surface area (Å²) < 4.78 is 38.5. The van der Waals surface area contributed by atoms with Gasteiger partial charge in [-0.25, -0.2) is 14.4 Å². The molecule has 0 amide bonds. The van der Waals surface area contributed by atoms with Crippen LogP contribution in [0.15, 0.2) is 4.99 Å². The summed E-state index contributed by atoms with van der Waals surface area (Å²) in [5.41, 5.74) is 0. The van der Waals surface area contributed by atoms with Crippen LogP contribution in [0.4, 0.5) is 0 Å². The van der Waals surface area contributed by atoms with Crippen LogP contribution in [-0.2, 0) is 32.8 Å². The third-order valence-electron chi connectivity index (χ3n) is 6.30. The van der Waals surface area contributed by atoms with Crippen LogP contribution in [0.1, 0.15) is 12.8 Å². The molecule has 42 heavy (non-hydrogen) atoms. The molecule has 11 atom stereocenters. The topological polar surface area (TPSA) is 295 Å². The molecule has 0 spiro atoms. The molecule has 10 N–H and O–H groups in total. The first-order chi connectivity index (χ1) is 19.7. The van der Waals surface area contributed by atoms with Crippen molar-refractivity contribution in [2.75, 3.05) is 37.9 Å². The Bertz CT molecular complexity index is 956. The normalized spacial score (nSPS) is 35.3. The Morgan fingerprint density at radius 1 is 1.10 bits per heavy atom. The predicted molar refractivity (Wildman–Crippen MR) is 142 cm³/mol.